The van der Waals surface area contributed by atoms with Crippen molar-refractivity contribution in [3.63, 3.8) is 0 Å². The maximum atomic E-state index is 4.72. The number of aryl methyl sites for hydroxylation is 1. The van der Waals surface area contributed by atoms with Gasteiger partial charge in [0.2, 0.25) is 0 Å². The number of thiazole rings is 1. The molecule has 6 nitrogen and oxygen atoms in total. The van der Waals surface area contributed by atoms with E-state index in [1.807, 2.05) is 44.6 Å². The van der Waals surface area contributed by atoms with Crippen LogP contribution in [0.5, 0.6) is 0 Å². The van der Waals surface area contributed by atoms with Gasteiger partial charge in [0.25, 0.3) is 0 Å². The summed E-state index contributed by atoms with van der Waals surface area (Å²) >= 11 is 1.68. The van der Waals surface area contributed by atoms with E-state index in [2.05, 4.69) is 44.2 Å². The molecule has 26 heavy (non-hydrogen) atoms. The van der Waals surface area contributed by atoms with Gasteiger partial charge in [0.1, 0.15) is 5.82 Å². The summed E-state index contributed by atoms with van der Waals surface area (Å²) < 4.78 is 0. The molecule has 7 heteroatoms. The highest BCUT2D eigenvalue weighted by Gasteiger charge is 2.10. The van der Waals surface area contributed by atoms with Gasteiger partial charge in [0.05, 0.1) is 30.0 Å². The van der Waals surface area contributed by atoms with Gasteiger partial charge in [-0.15, -0.1) is 11.3 Å². The van der Waals surface area contributed by atoms with E-state index < -0.39 is 0 Å². The van der Waals surface area contributed by atoms with Crippen molar-refractivity contribution >= 4 is 17.3 Å². The zero-order valence-corrected chi connectivity index (χ0v) is 16.2. The molecule has 136 valence electrons. The molecule has 3 aromatic rings. The Morgan fingerprint density at radius 3 is 2.73 bits per heavy atom. The molecule has 0 aliphatic heterocycles. The van der Waals surface area contributed by atoms with Gasteiger partial charge in [-0.1, -0.05) is 30.3 Å². The number of nitrogens with one attached hydrogen (secondary N) is 2. The minimum absolute atomic E-state index is 0.631. The van der Waals surface area contributed by atoms with Crippen LogP contribution in [0, 0.1) is 6.92 Å². The third kappa shape index (κ3) is 4.70. The molecular formula is C19H24N6S. The maximum absolute atomic E-state index is 4.72. The predicted octanol–water partition coefficient (Wildman–Crippen LogP) is 3.44. The van der Waals surface area contributed by atoms with Gasteiger partial charge in [-0.2, -0.15) is 0 Å². The SMILES string of the molecule is CCNC(=NCc1cnc(C)s1)N(C)Cc1ncc(-c2ccccc2)[nH]1. The smallest absolute Gasteiger partial charge is 0.194 e. The van der Waals surface area contributed by atoms with Crippen molar-refractivity contribution in [1.29, 1.82) is 0 Å². The van der Waals surface area contributed by atoms with Crippen LogP contribution in [-0.4, -0.2) is 39.4 Å². The van der Waals surface area contributed by atoms with Gasteiger partial charge in [0.15, 0.2) is 5.96 Å². The zero-order valence-electron chi connectivity index (χ0n) is 15.4. The molecule has 0 bridgehead atoms. The predicted molar refractivity (Wildman–Crippen MR) is 107 cm³/mol. The number of guanidine groups is 1. The van der Waals surface area contributed by atoms with Crippen LogP contribution in [0.25, 0.3) is 11.3 Å². The Morgan fingerprint density at radius 1 is 1.23 bits per heavy atom. The van der Waals surface area contributed by atoms with Crippen LogP contribution >= 0.6 is 11.3 Å². The molecule has 0 aliphatic rings. The topological polar surface area (TPSA) is 69.2 Å². The van der Waals surface area contributed by atoms with E-state index in [-0.39, 0.29) is 0 Å². The van der Waals surface area contributed by atoms with Crippen molar-refractivity contribution in [2.45, 2.75) is 26.9 Å². The van der Waals surface area contributed by atoms with E-state index in [0.717, 1.165) is 39.5 Å². The first-order valence-corrected chi connectivity index (χ1v) is 9.47. The lowest BCUT2D eigenvalue weighted by Crippen LogP contribution is -2.38. The summed E-state index contributed by atoms with van der Waals surface area (Å²) in [6, 6.07) is 10.2. The highest BCUT2D eigenvalue weighted by molar-refractivity contribution is 7.11. The molecule has 0 aliphatic carbocycles. The molecule has 1 aromatic carbocycles. The number of aliphatic imine (C=N–C) groups is 1. The van der Waals surface area contributed by atoms with Crippen molar-refractivity contribution < 1.29 is 0 Å². The van der Waals surface area contributed by atoms with Gasteiger partial charge >= 0.3 is 0 Å². The number of imidazole rings is 1. The minimum Gasteiger partial charge on any atom is -0.357 e. The Hall–Kier alpha value is -2.67. The van der Waals surface area contributed by atoms with E-state index in [1.165, 1.54) is 0 Å². The highest BCUT2D eigenvalue weighted by atomic mass is 32.1. The van der Waals surface area contributed by atoms with Crippen LogP contribution in [0.4, 0.5) is 0 Å². The Balaban J connectivity index is 1.68. The summed E-state index contributed by atoms with van der Waals surface area (Å²) in [6.45, 7) is 6.18. The third-order valence-electron chi connectivity index (χ3n) is 3.85. The first-order chi connectivity index (χ1) is 12.7. The van der Waals surface area contributed by atoms with E-state index in [1.54, 1.807) is 11.3 Å². The Morgan fingerprint density at radius 2 is 2.04 bits per heavy atom. The average Bonchev–Trinajstić information content (AvgIpc) is 3.28. The second-order valence-corrected chi connectivity index (χ2v) is 7.30. The lowest BCUT2D eigenvalue weighted by molar-refractivity contribution is 0.464. The van der Waals surface area contributed by atoms with Crippen molar-refractivity contribution in [2.24, 2.45) is 4.99 Å². The summed E-state index contributed by atoms with van der Waals surface area (Å²) in [4.78, 5) is 20.1. The van der Waals surface area contributed by atoms with Gasteiger partial charge < -0.3 is 15.2 Å². The van der Waals surface area contributed by atoms with E-state index in [0.29, 0.717) is 13.1 Å². The number of aromatic amines is 1. The minimum atomic E-state index is 0.631. The van der Waals surface area contributed by atoms with Crippen LogP contribution in [-0.2, 0) is 13.1 Å². The molecule has 0 radical (unpaired) electrons. The molecular weight excluding hydrogens is 344 g/mol. The molecule has 3 rings (SSSR count). The van der Waals surface area contributed by atoms with Crippen LogP contribution in [0.3, 0.4) is 0 Å². The summed E-state index contributed by atoms with van der Waals surface area (Å²) in [5.74, 6) is 1.77. The van der Waals surface area contributed by atoms with Gasteiger partial charge in [-0.3, -0.25) is 0 Å². The van der Waals surface area contributed by atoms with Crippen LogP contribution in [0.15, 0.2) is 47.7 Å². The fourth-order valence-electron chi connectivity index (χ4n) is 2.61. The molecule has 0 spiro atoms. The zero-order chi connectivity index (χ0) is 18.4. The molecule has 0 unspecified atom stereocenters. The second-order valence-electron chi connectivity index (χ2n) is 5.98. The molecule has 2 heterocycles. The normalized spacial score (nSPS) is 11.6. The molecule has 0 saturated carbocycles. The second kappa shape index (κ2) is 8.62. The van der Waals surface area contributed by atoms with Crippen LogP contribution in [0.1, 0.15) is 22.6 Å². The van der Waals surface area contributed by atoms with Crippen LogP contribution in [0.2, 0.25) is 0 Å². The number of benzene rings is 1. The van der Waals surface area contributed by atoms with Gasteiger partial charge in [-0.05, 0) is 19.4 Å². The summed E-state index contributed by atoms with van der Waals surface area (Å²) in [5, 5.41) is 4.40. The lowest BCUT2D eigenvalue weighted by atomic mass is 10.2. The summed E-state index contributed by atoms with van der Waals surface area (Å²) in [6.07, 6.45) is 3.77. The largest absolute Gasteiger partial charge is 0.357 e. The molecule has 0 atom stereocenters. The number of aromatic nitrogens is 3. The van der Waals surface area contributed by atoms with Crippen molar-refractivity contribution in [3.05, 3.63) is 58.4 Å². The molecule has 0 fully saturated rings. The third-order valence-corrected chi connectivity index (χ3v) is 4.75. The fraction of sp³-hybridized carbons (Fsp3) is 0.316. The number of hydrogen-bond acceptors (Lipinski definition) is 4. The first-order valence-electron chi connectivity index (χ1n) is 8.65. The number of H-pyrrole nitrogens is 1. The molecule has 2 N–H and O–H groups in total. The average molecular weight is 369 g/mol. The monoisotopic (exact) mass is 368 g/mol. The van der Waals surface area contributed by atoms with Crippen molar-refractivity contribution in [2.75, 3.05) is 13.6 Å². The summed E-state index contributed by atoms with van der Waals surface area (Å²) in [7, 11) is 2.02. The van der Waals surface area contributed by atoms with Crippen molar-refractivity contribution in [3.8, 4) is 11.3 Å². The van der Waals surface area contributed by atoms with Gasteiger partial charge in [0, 0.05) is 24.7 Å². The maximum Gasteiger partial charge on any atom is 0.194 e. The number of nitrogens with zero attached hydrogens (tertiary/aromatic N) is 4. The Bertz CT molecular complexity index is 852. The first kappa shape index (κ1) is 18.1. The van der Waals surface area contributed by atoms with Crippen LogP contribution < -0.4 is 5.32 Å². The highest BCUT2D eigenvalue weighted by Crippen LogP contribution is 2.17. The van der Waals surface area contributed by atoms with E-state index in [9.17, 15) is 0 Å². The Kier molecular flexibility index (Phi) is 6.01. The molecule has 0 saturated heterocycles. The molecule has 0 amide bonds. The van der Waals surface area contributed by atoms with Crippen molar-refractivity contribution in [1.82, 2.24) is 25.2 Å². The number of rotatable bonds is 6. The number of hydrogen-bond donors (Lipinski definition) is 2. The van der Waals surface area contributed by atoms with E-state index in [4.69, 9.17) is 4.99 Å². The molecule has 2 aromatic heterocycles. The summed E-state index contributed by atoms with van der Waals surface area (Å²) in [5.41, 5.74) is 2.16. The Labute approximate surface area is 158 Å². The quantitative estimate of drug-likeness (QED) is 0.517. The fourth-order valence-corrected chi connectivity index (χ4v) is 3.33. The lowest BCUT2D eigenvalue weighted by Gasteiger charge is -2.20. The standard InChI is InChI=1S/C19H24N6S/c1-4-20-19(23-11-16-10-21-14(2)26-16)25(3)13-18-22-12-17(24-18)15-8-6-5-7-9-15/h5-10,12H,4,11,13H2,1-3H3,(H,20,23)(H,22,24). The van der Waals surface area contributed by atoms with Gasteiger partial charge in [-0.25, -0.2) is 15.0 Å². The van der Waals surface area contributed by atoms with E-state index >= 15 is 0 Å².